The van der Waals surface area contributed by atoms with Crippen LogP contribution in [0, 0.1) is 0 Å². The summed E-state index contributed by atoms with van der Waals surface area (Å²) < 4.78 is 17.8. The molecule has 0 aliphatic carbocycles. The Hall–Kier alpha value is -4.10. The van der Waals surface area contributed by atoms with Gasteiger partial charge in [0.25, 0.3) is 5.91 Å². The number of carbonyl (C=O) groups excluding carboxylic acids is 1. The standard InChI is InChI=1S/C28H27N3O4/c1-33-26-16-23-24(17-27(26)34-18-21-8-5-14-29-21)30-15-13-25(23)35-22-11-9-20(10-12-22)31-28(32)19-6-3-2-4-7-19/h2-4,6-7,9-13,15-17,21,29H,5,8,14,18H2,1H3,(H,31,32)/t21-/m0/s1. The zero-order valence-electron chi connectivity index (χ0n) is 19.5. The molecule has 0 bridgehead atoms. The van der Waals surface area contributed by atoms with Crippen molar-refractivity contribution in [2.24, 2.45) is 0 Å². The van der Waals surface area contributed by atoms with Crippen molar-refractivity contribution in [2.45, 2.75) is 18.9 Å². The Bertz CT molecular complexity index is 1300. The van der Waals surface area contributed by atoms with Crippen LogP contribution in [-0.2, 0) is 0 Å². The highest BCUT2D eigenvalue weighted by atomic mass is 16.5. The Labute approximate surface area is 204 Å². The first-order valence-electron chi connectivity index (χ1n) is 11.7. The number of pyridine rings is 1. The highest BCUT2D eigenvalue weighted by Gasteiger charge is 2.17. The zero-order chi connectivity index (χ0) is 24.0. The van der Waals surface area contributed by atoms with Gasteiger partial charge in [0.1, 0.15) is 18.1 Å². The van der Waals surface area contributed by atoms with Crippen LogP contribution in [0.1, 0.15) is 23.2 Å². The molecule has 2 N–H and O–H groups in total. The molecule has 1 aliphatic rings. The second-order valence-electron chi connectivity index (χ2n) is 8.38. The summed E-state index contributed by atoms with van der Waals surface area (Å²) in [6.45, 7) is 1.62. The van der Waals surface area contributed by atoms with Gasteiger partial charge in [-0.3, -0.25) is 9.78 Å². The number of nitrogens with one attached hydrogen (secondary N) is 2. The Kier molecular flexibility index (Phi) is 6.77. The number of benzene rings is 3. The summed E-state index contributed by atoms with van der Waals surface area (Å²) >= 11 is 0. The Morgan fingerprint density at radius 1 is 1.03 bits per heavy atom. The Morgan fingerprint density at radius 3 is 2.60 bits per heavy atom. The molecule has 5 rings (SSSR count). The summed E-state index contributed by atoms with van der Waals surface area (Å²) in [6.07, 6.45) is 3.99. The van der Waals surface area contributed by atoms with Crippen LogP contribution in [0.3, 0.4) is 0 Å². The lowest BCUT2D eigenvalue weighted by molar-refractivity contribution is 0.102. The van der Waals surface area contributed by atoms with E-state index in [9.17, 15) is 4.79 Å². The lowest BCUT2D eigenvalue weighted by Crippen LogP contribution is -2.28. The summed E-state index contributed by atoms with van der Waals surface area (Å²) in [6, 6.07) is 22.3. The van der Waals surface area contributed by atoms with E-state index in [-0.39, 0.29) is 5.91 Å². The van der Waals surface area contributed by atoms with Crippen molar-refractivity contribution in [1.29, 1.82) is 0 Å². The molecule has 178 valence electrons. The molecule has 4 aromatic rings. The van der Waals surface area contributed by atoms with Crippen molar-refractivity contribution in [2.75, 3.05) is 25.6 Å². The number of hydrogen-bond donors (Lipinski definition) is 2. The van der Waals surface area contributed by atoms with E-state index in [4.69, 9.17) is 14.2 Å². The SMILES string of the molecule is COc1cc2c(Oc3ccc(NC(=O)c4ccccc4)cc3)ccnc2cc1OC[C@@H]1CCCN1. The van der Waals surface area contributed by atoms with E-state index in [0.717, 1.165) is 23.9 Å². The first-order chi connectivity index (χ1) is 17.2. The van der Waals surface area contributed by atoms with Crippen LogP contribution in [0.15, 0.2) is 79.0 Å². The largest absolute Gasteiger partial charge is 0.493 e. The second-order valence-corrected chi connectivity index (χ2v) is 8.38. The number of anilines is 1. The van der Waals surface area contributed by atoms with E-state index in [0.29, 0.717) is 46.9 Å². The fourth-order valence-corrected chi connectivity index (χ4v) is 4.11. The minimum atomic E-state index is -0.159. The normalized spacial score (nSPS) is 15.1. The maximum atomic E-state index is 12.4. The third-order valence-corrected chi connectivity index (χ3v) is 5.97. The van der Waals surface area contributed by atoms with Crippen LogP contribution < -0.4 is 24.8 Å². The Balaban J connectivity index is 1.31. The van der Waals surface area contributed by atoms with Crippen molar-refractivity contribution >= 4 is 22.5 Å². The molecule has 2 heterocycles. The second kappa shape index (κ2) is 10.4. The van der Waals surface area contributed by atoms with E-state index < -0.39 is 0 Å². The molecule has 1 amide bonds. The number of aromatic nitrogens is 1. The number of fused-ring (bicyclic) bond motifs is 1. The molecule has 7 nitrogen and oxygen atoms in total. The van der Waals surface area contributed by atoms with Gasteiger partial charge < -0.3 is 24.8 Å². The third-order valence-electron chi connectivity index (χ3n) is 5.97. The molecule has 1 fully saturated rings. The van der Waals surface area contributed by atoms with Crippen LogP contribution in [0.25, 0.3) is 10.9 Å². The summed E-state index contributed by atoms with van der Waals surface area (Å²) in [5.74, 6) is 2.43. The number of rotatable bonds is 8. The van der Waals surface area contributed by atoms with Crippen LogP contribution >= 0.6 is 0 Å². The van der Waals surface area contributed by atoms with Crippen molar-refractivity contribution in [3.63, 3.8) is 0 Å². The molecule has 0 unspecified atom stereocenters. The molecule has 0 spiro atoms. The number of amides is 1. The third kappa shape index (κ3) is 5.36. The fraction of sp³-hybridized carbons (Fsp3) is 0.214. The van der Waals surface area contributed by atoms with Gasteiger partial charge in [-0.15, -0.1) is 0 Å². The van der Waals surface area contributed by atoms with Gasteiger partial charge in [0, 0.05) is 34.9 Å². The number of methoxy groups -OCH3 is 1. The molecule has 1 aliphatic heterocycles. The van der Waals surface area contributed by atoms with Gasteiger partial charge in [0.15, 0.2) is 11.5 Å². The topological polar surface area (TPSA) is 81.7 Å². The van der Waals surface area contributed by atoms with E-state index in [1.807, 2.05) is 60.7 Å². The number of ether oxygens (including phenoxy) is 3. The molecule has 35 heavy (non-hydrogen) atoms. The maximum Gasteiger partial charge on any atom is 0.255 e. The average Bonchev–Trinajstić information content (AvgIpc) is 3.42. The molecular weight excluding hydrogens is 442 g/mol. The molecular formula is C28H27N3O4. The first kappa shape index (κ1) is 22.7. The first-order valence-corrected chi connectivity index (χ1v) is 11.7. The summed E-state index contributed by atoms with van der Waals surface area (Å²) in [5, 5.41) is 7.15. The molecule has 1 atom stereocenters. The van der Waals surface area contributed by atoms with Crippen molar-refractivity contribution < 1.29 is 19.0 Å². The van der Waals surface area contributed by atoms with Gasteiger partial charge in [-0.2, -0.15) is 0 Å². The summed E-state index contributed by atoms with van der Waals surface area (Å²) in [7, 11) is 1.63. The molecule has 3 aromatic carbocycles. The van der Waals surface area contributed by atoms with Crippen LogP contribution in [0.2, 0.25) is 0 Å². The molecule has 7 heteroatoms. The number of nitrogens with zero attached hydrogens (tertiary/aromatic N) is 1. The van der Waals surface area contributed by atoms with E-state index in [1.54, 1.807) is 25.4 Å². The minimum absolute atomic E-state index is 0.159. The molecule has 0 radical (unpaired) electrons. The summed E-state index contributed by atoms with van der Waals surface area (Å²) in [5.41, 5.74) is 2.04. The maximum absolute atomic E-state index is 12.4. The van der Waals surface area contributed by atoms with Crippen LogP contribution in [0.5, 0.6) is 23.0 Å². The lowest BCUT2D eigenvalue weighted by atomic mass is 10.1. The minimum Gasteiger partial charge on any atom is -0.493 e. The van der Waals surface area contributed by atoms with Gasteiger partial charge in [-0.05, 0) is 67.9 Å². The van der Waals surface area contributed by atoms with Crippen molar-refractivity contribution in [3.05, 3.63) is 84.6 Å². The van der Waals surface area contributed by atoms with Gasteiger partial charge in [0.05, 0.1) is 12.6 Å². The lowest BCUT2D eigenvalue weighted by Gasteiger charge is -2.16. The average molecular weight is 470 g/mol. The van der Waals surface area contributed by atoms with Crippen LogP contribution in [0.4, 0.5) is 5.69 Å². The quantitative estimate of drug-likeness (QED) is 0.359. The van der Waals surface area contributed by atoms with Crippen molar-refractivity contribution in [3.8, 4) is 23.0 Å². The number of hydrogen-bond acceptors (Lipinski definition) is 6. The van der Waals surface area contributed by atoms with Gasteiger partial charge in [-0.25, -0.2) is 0 Å². The Morgan fingerprint density at radius 2 is 1.86 bits per heavy atom. The highest BCUT2D eigenvalue weighted by molar-refractivity contribution is 6.04. The smallest absolute Gasteiger partial charge is 0.255 e. The number of carbonyl (C=O) groups is 1. The predicted molar refractivity (Wildman–Crippen MR) is 136 cm³/mol. The fourth-order valence-electron chi connectivity index (χ4n) is 4.11. The van der Waals surface area contributed by atoms with Crippen molar-refractivity contribution in [1.82, 2.24) is 10.3 Å². The predicted octanol–water partition coefficient (Wildman–Crippen LogP) is 5.42. The van der Waals surface area contributed by atoms with Gasteiger partial charge >= 0.3 is 0 Å². The van der Waals surface area contributed by atoms with Crippen LogP contribution in [-0.4, -0.2) is 37.2 Å². The van der Waals surface area contributed by atoms with Gasteiger partial charge in [0.2, 0.25) is 0 Å². The molecule has 1 saturated heterocycles. The monoisotopic (exact) mass is 469 g/mol. The zero-order valence-corrected chi connectivity index (χ0v) is 19.5. The van der Waals surface area contributed by atoms with E-state index in [1.165, 1.54) is 6.42 Å². The molecule has 0 saturated carbocycles. The van der Waals surface area contributed by atoms with E-state index >= 15 is 0 Å². The molecule has 1 aromatic heterocycles. The highest BCUT2D eigenvalue weighted by Crippen LogP contribution is 2.37. The summed E-state index contributed by atoms with van der Waals surface area (Å²) in [4.78, 5) is 16.9. The van der Waals surface area contributed by atoms with E-state index in [2.05, 4.69) is 15.6 Å². The van der Waals surface area contributed by atoms with Gasteiger partial charge in [-0.1, -0.05) is 18.2 Å².